The number of hydrogen-bond donors (Lipinski definition) is 2. The summed E-state index contributed by atoms with van der Waals surface area (Å²) in [5.41, 5.74) is 6.24. The van der Waals surface area contributed by atoms with Crippen LogP contribution in [-0.2, 0) is 20.7 Å². The Morgan fingerprint density at radius 1 is 0.872 bits per heavy atom. The average Bonchev–Trinajstić information content (AvgIpc) is 3.63. The number of hydrogen-bond acceptors (Lipinski definition) is 6. The van der Waals surface area contributed by atoms with Crippen molar-refractivity contribution in [2.24, 2.45) is 0 Å². The predicted octanol–water partition coefficient (Wildman–Crippen LogP) is 8.70. The molecule has 0 saturated carbocycles. The first-order chi connectivity index (χ1) is 22.6. The van der Waals surface area contributed by atoms with E-state index in [9.17, 15) is 9.59 Å². The van der Waals surface area contributed by atoms with E-state index in [0.29, 0.717) is 22.9 Å². The van der Waals surface area contributed by atoms with E-state index < -0.39 is 23.7 Å². The molecule has 0 radical (unpaired) electrons. The summed E-state index contributed by atoms with van der Waals surface area (Å²) in [5, 5.41) is 11.1. The van der Waals surface area contributed by atoms with E-state index >= 15 is 0 Å². The van der Waals surface area contributed by atoms with Crippen LogP contribution in [0.2, 0.25) is 5.02 Å². The maximum absolute atomic E-state index is 13.2. The molecule has 1 aromatic heterocycles. The lowest BCUT2D eigenvalue weighted by molar-refractivity contribution is -0.155. The van der Waals surface area contributed by atoms with Gasteiger partial charge in [0.2, 0.25) is 0 Å². The Hall–Kier alpha value is -5.08. The molecule has 0 spiro atoms. The molecule has 1 heterocycles. The molecule has 9 heteroatoms. The number of carbonyl (C=O) groups excluding carboxylic acids is 2. The van der Waals surface area contributed by atoms with E-state index in [1.54, 1.807) is 24.3 Å². The quantitative estimate of drug-likeness (QED) is 0.147. The number of alkyl carbamates (subject to hydrolysis) is 1. The minimum Gasteiger partial charge on any atom is -0.460 e. The SMILES string of the molecule is CC(C)(C)OC(=O)C[C@@H](Cc1cc(-c2ccc(Oc3ccc(Cl)cc3)cc2)n[nH]1)NC(=O)OCC1c2ccccc2-c2ccccc21. The van der Waals surface area contributed by atoms with E-state index in [1.807, 2.05) is 75.4 Å². The van der Waals surface area contributed by atoms with Crippen LogP contribution in [0.15, 0.2) is 103 Å². The Morgan fingerprint density at radius 2 is 1.47 bits per heavy atom. The zero-order chi connectivity index (χ0) is 33.0. The highest BCUT2D eigenvalue weighted by Crippen LogP contribution is 2.44. The Balaban J connectivity index is 1.12. The van der Waals surface area contributed by atoms with Gasteiger partial charge in [-0.25, -0.2) is 4.79 Å². The number of halogens is 1. The third-order valence-corrected chi connectivity index (χ3v) is 8.05. The molecule has 1 atom stereocenters. The summed E-state index contributed by atoms with van der Waals surface area (Å²) < 4.78 is 17.2. The third kappa shape index (κ3) is 8.02. The predicted molar refractivity (Wildman–Crippen MR) is 182 cm³/mol. The molecule has 0 fully saturated rings. The molecule has 4 aromatic carbocycles. The number of nitrogens with zero attached hydrogens (tertiary/aromatic N) is 1. The molecule has 1 amide bonds. The van der Waals surface area contributed by atoms with Crippen LogP contribution in [0.1, 0.15) is 49.9 Å². The zero-order valence-corrected chi connectivity index (χ0v) is 27.2. The largest absolute Gasteiger partial charge is 0.460 e. The average molecular weight is 650 g/mol. The van der Waals surface area contributed by atoms with Crippen LogP contribution in [-0.4, -0.2) is 40.5 Å². The number of ether oxygens (including phenoxy) is 3. The van der Waals surface area contributed by atoms with Gasteiger partial charge in [0.05, 0.1) is 12.1 Å². The number of aromatic amines is 1. The topological polar surface area (TPSA) is 103 Å². The first-order valence-corrected chi connectivity index (χ1v) is 15.9. The van der Waals surface area contributed by atoms with Crippen molar-refractivity contribution in [1.82, 2.24) is 15.5 Å². The molecule has 8 nitrogen and oxygen atoms in total. The van der Waals surface area contributed by atoms with Gasteiger partial charge in [-0.15, -0.1) is 0 Å². The van der Waals surface area contributed by atoms with Crippen molar-refractivity contribution < 1.29 is 23.8 Å². The molecule has 240 valence electrons. The highest BCUT2D eigenvalue weighted by atomic mass is 35.5. The van der Waals surface area contributed by atoms with Crippen LogP contribution >= 0.6 is 11.6 Å². The van der Waals surface area contributed by atoms with Gasteiger partial charge in [-0.3, -0.25) is 9.89 Å². The number of rotatable bonds is 10. The highest BCUT2D eigenvalue weighted by molar-refractivity contribution is 6.30. The Morgan fingerprint density at radius 3 is 2.09 bits per heavy atom. The fourth-order valence-electron chi connectivity index (χ4n) is 5.78. The maximum atomic E-state index is 13.2. The molecule has 1 aliphatic rings. The first-order valence-electron chi connectivity index (χ1n) is 15.5. The van der Waals surface area contributed by atoms with Crippen molar-refractivity contribution in [3.05, 3.63) is 125 Å². The van der Waals surface area contributed by atoms with E-state index in [-0.39, 0.29) is 18.9 Å². The molecule has 0 unspecified atom stereocenters. The lowest BCUT2D eigenvalue weighted by atomic mass is 9.98. The van der Waals surface area contributed by atoms with Gasteiger partial charge in [0.25, 0.3) is 0 Å². The minimum absolute atomic E-state index is 0.0352. The van der Waals surface area contributed by atoms with Crippen molar-refractivity contribution in [2.75, 3.05) is 6.61 Å². The molecule has 0 bridgehead atoms. The van der Waals surface area contributed by atoms with Gasteiger partial charge >= 0.3 is 12.1 Å². The zero-order valence-electron chi connectivity index (χ0n) is 26.5. The van der Waals surface area contributed by atoms with Gasteiger partial charge in [-0.1, -0.05) is 60.1 Å². The van der Waals surface area contributed by atoms with Gasteiger partial charge in [0.15, 0.2) is 0 Å². The fraction of sp³-hybridized carbons (Fsp3) is 0.237. The molecule has 1 aliphatic carbocycles. The summed E-state index contributed by atoms with van der Waals surface area (Å²) >= 11 is 5.97. The van der Waals surface area contributed by atoms with Crippen LogP contribution in [0.25, 0.3) is 22.4 Å². The maximum Gasteiger partial charge on any atom is 0.407 e. The van der Waals surface area contributed by atoms with Crippen LogP contribution in [0, 0.1) is 0 Å². The third-order valence-electron chi connectivity index (χ3n) is 7.80. The Bertz CT molecular complexity index is 1820. The lowest BCUT2D eigenvalue weighted by Gasteiger charge is -2.23. The lowest BCUT2D eigenvalue weighted by Crippen LogP contribution is -2.40. The van der Waals surface area contributed by atoms with Crippen molar-refractivity contribution in [1.29, 1.82) is 0 Å². The molecular formula is C38H36ClN3O5. The van der Waals surface area contributed by atoms with E-state index in [0.717, 1.165) is 39.2 Å². The van der Waals surface area contributed by atoms with E-state index in [4.69, 9.17) is 25.8 Å². The van der Waals surface area contributed by atoms with E-state index in [1.165, 1.54) is 0 Å². The Kier molecular flexibility index (Phi) is 9.31. The fourth-order valence-corrected chi connectivity index (χ4v) is 5.90. The van der Waals surface area contributed by atoms with Crippen molar-refractivity contribution >= 4 is 23.7 Å². The number of aromatic nitrogens is 2. The number of fused-ring (bicyclic) bond motifs is 3. The molecule has 5 aromatic rings. The monoisotopic (exact) mass is 649 g/mol. The van der Waals surface area contributed by atoms with Crippen molar-refractivity contribution in [3.63, 3.8) is 0 Å². The first kappa shape index (κ1) is 31.9. The number of H-pyrrole nitrogens is 1. The molecule has 0 aliphatic heterocycles. The van der Waals surface area contributed by atoms with Gasteiger partial charge in [-0.2, -0.15) is 5.10 Å². The highest BCUT2D eigenvalue weighted by Gasteiger charge is 2.30. The number of benzene rings is 4. The summed E-state index contributed by atoms with van der Waals surface area (Å²) in [7, 11) is 0. The number of nitrogens with one attached hydrogen (secondary N) is 2. The Labute approximate surface area is 279 Å². The van der Waals surface area contributed by atoms with Gasteiger partial charge < -0.3 is 19.5 Å². The minimum atomic E-state index is -0.657. The number of carbonyl (C=O) groups is 2. The van der Waals surface area contributed by atoms with Crippen LogP contribution in [0.3, 0.4) is 0 Å². The molecule has 6 rings (SSSR count). The summed E-state index contributed by atoms with van der Waals surface area (Å²) in [4.78, 5) is 26.0. The molecular weight excluding hydrogens is 614 g/mol. The normalized spacial score (nSPS) is 12.9. The second kappa shape index (κ2) is 13.7. The smallest absolute Gasteiger partial charge is 0.407 e. The standard InChI is InChI=1S/C38H36ClN3O5/c1-38(2,3)47-36(43)22-26(40-37(44)45-23-34-32-10-6-4-8-30(32)31-9-5-7-11-33(31)34)20-27-21-35(42-41-27)24-12-16-28(17-13-24)46-29-18-14-25(39)15-19-29/h4-19,21,26,34H,20,22-23H2,1-3H3,(H,40,44)(H,41,42)/t26-/m1/s1. The van der Waals surface area contributed by atoms with Crippen LogP contribution < -0.4 is 10.1 Å². The van der Waals surface area contributed by atoms with Crippen LogP contribution in [0.5, 0.6) is 11.5 Å². The molecule has 2 N–H and O–H groups in total. The van der Waals surface area contributed by atoms with Crippen molar-refractivity contribution in [2.45, 2.75) is 51.2 Å². The summed E-state index contributed by atoms with van der Waals surface area (Å²) in [5.74, 6) is 0.869. The van der Waals surface area contributed by atoms with Gasteiger partial charge in [-0.05, 0) is 97.6 Å². The number of esters is 1. The van der Waals surface area contributed by atoms with E-state index in [2.05, 4.69) is 39.8 Å². The van der Waals surface area contributed by atoms with Gasteiger partial charge in [0, 0.05) is 34.7 Å². The van der Waals surface area contributed by atoms with Crippen molar-refractivity contribution in [3.8, 4) is 33.9 Å². The molecule has 47 heavy (non-hydrogen) atoms. The summed E-state index contributed by atoms with van der Waals surface area (Å²) in [6, 6.07) is 32.4. The summed E-state index contributed by atoms with van der Waals surface area (Å²) in [6.45, 7) is 5.61. The van der Waals surface area contributed by atoms with Gasteiger partial charge in [0.1, 0.15) is 23.7 Å². The summed E-state index contributed by atoms with van der Waals surface area (Å²) in [6.07, 6.45) is -0.322. The second-order valence-electron chi connectivity index (χ2n) is 12.5. The molecule has 0 saturated heterocycles. The van der Waals surface area contributed by atoms with Crippen LogP contribution in [0.4, 0.5) is 4.79 Å². The number of amides is 1. The second-order valence-corrected chi connectivity index (χ2v) is 13.0.